The second-order valence-electron chi connectivity index (χ2n) is 5.03. The maximum Gasteiger partial charge on any atom is 0.0175 e. The van der Waals surface area contributed by atoms with E-state index in [-0.39, 0.29) is 12.4 Å². The predicted octanol–water partition coefficient (Wildman–Crippen LogP) is 3.49. The Balaban J connectivity index is 0.00000180. The van der Waals surface area contributed by atoms with E-state index in [1.54, 1.807) is 0 Å². The van der Waals surface area contributed by atoms with Crippen LogP contribution in [0, 0.1) is 0 Å². The van der Waals surface area contributed by atoms with E-state index >= 15 is 0 Å². The Kier molecular flexibility index (Phi) is 8.71. The zero-order valence-electron chi connectivity index (χ0n) is 11.4. The minimum Gasteiger partial charge on any atom is -0.315 e. The number of rotatable bonds is 6. The number of halogens is 2. The van der Waals surface area contributed by atoms with Gasteiger partial charge in [0, 0.05) is 17.6 Å². The summed E-state index contributed by atoms with van der Waals surface area (Å²) in [4.78, 5) is 2.58. The highest BCUT2D eigenvalue weighted by molar-refractivity contribution is 9.10. The normalized spacial score (nSPS) is 16.1. The summed E-state index contributed by atoms with van der Waals surface area (Å²) < 4.78 is 1.16. The van der Waals surface area contributed by atoms with Gasteiger partial charge in [-0.25, -0.2) is 0 Å². The Morgan fingerprint density at radius 3 is 2.37 bits per heavy atom. The van der Waals surface area contributed by atoms with Gasteiger partial charge in [-0.2, -0.15) is 0 Å². The fourth-order valence-corrected chi connectivity index (χ4v) is 2.69. The van der Waals surface area contributed by atoms with Crippen LogP contribution in [-0.2, 0) is 6.42 Å². The summed E-state index contributed by atoms with van der Waals surface area (Å²) in [7, 11) is 0. The highest BCUT2D eigenvalue weighted by atomic mass is 79.9. The van der Waals surface area contributed by atoms with Crippen LogP contribution in [-0.4, -0.2) is 37.6 Å². The van der Waals surface area contributed by atoms with E-state index in [4.69, 9.17) is 0 Å². The number of hydrogen-bond acceptors (Lipinski definition) is 2. The van der Waals surface area contributed by atoms with Gasteiger partial charge in [0.15, 0.2) is 0 Å². The van der Waals surface area contributed by atoms with Crippen molar-refractivity contribution in [1.29, 1.82) is 0 Å². The van der Waals surface area contributed by atoms with Gasteiger partial charge in [-0.3, -0.25) is 0 Å². The van der Waals surface area contributed by atoms with Crippen molar-refractivity contribution in [2.24, 2.45) is 0 Å². The maximum atomic E-state index is 3.54. The standard InChI is InChI=1S/C15H23BrN2.ClH/c16-15-6-4-14(5-7-15)8-9-17-10-13-18-11-2-1-3-12-18;/h4-7,17H,1-3,8-13H2;1H. The molecule has 4 heteroatoms. The lowest BCUT2D eigenvalue weighted by Gasteiger charge is -2.26. The van der Waals surface area contributed by atoms with Crippen LogP contribution in [0.5, 0.6) is 0 Å². The summed E-state index contributed by atoms with van der Waals surface area (Å²) in [5.41, 5.74) is 1.41. The topological polar surface area (TPSA) is 15.3 Å². The Morgan fingerprint density at radius 2 is 1.68 bits per heavy atom. The van der Waals surface area contributed by atoms with Gasteiger partial charge in [0.1, 0.15) is 0 Å². The molecule has 1 aromatic carbocycles. The molecular formula is C15H24BrClN2. The molecule has 1 aromatic rings. The summed E-state index contributed by atoms with van der Waals surface area (Å²) in [5.74, 6) is 0. The molecule has 1 aliphatic rings. The van der Waals surface area contributed by atoms with E-state index in [1.807, 2.05) is 0 Å². The fourth-order valence-electron chi connectivity index (χ4n) is 2.43. The van der Waals surface area contributed by atoms with Gasteiger partial charge >= 0.3 is 0 Å². The first kappa shape index (κ1) is 17.0. The van der Waals surface area contributed by atoms with Gasteiger partial charge in [-0.05, 0) is 56.6 Å². The Labute approximate surface area is 131 Å². The first-order chi connectivity index (χ1) is 8.84. The minimum atomic E-state index is 0. The van der Waals surface area contributed by atoms with Crippen molar-refractivity contribution < 1.29 is 0 Å². The fraction of sp³-hybridized carbons (Fsp3) is 0.600. The highest BCUT2D eigenvalue weighted by Crippen LogP contribution is 2.10. The predicted molar refractivity (Wildman–Crippen MR) is 88.3 cm³/mol. The quantitative estimate of drug-likeness (QED) is 0.793. The minimum absolute atomic E-state index is 0. The second-order valence-corrected chi connectivity index (χ2v) is 5.94. The van der Waals surface area contributed by atoms with Gasteiger partial charge in [0.2, 0.25) is 0 Å². The molecule has 1 saturated heterocycles. The van der Waals surface area contributed by atoms with Crippen LogP contribution in [0.15, 0.2) is 28.7 Å². The monoisotopic (exact) mass is 346 g/mol. The van der Waals surface area contributed by atoms with Gasteiger partial charge in [-0.15, -0.1) is 12.4 Å². The first-order valence-electron chi connectivity index (χ1n) is 7.02. The van der Waals surface area contributed by atoms with E-state index in [2.05, 4.69) is 50.4 Å². The number of benzene rings is 1. The van der Waals surface area contributed by atoms with Crippen molar-refractivity contribution >= 4 is 28.3 Å². The number of nitrogens with one attached hydrogen (secondary N) is 1. The van der Waals surface area contributed by atoms with E-state index in [9.17, 15) is 0 Å². The molecule has 0 atom stereocenters. The molecule has 108 valence electrons. The zero-order chi connectivity index (χ0) is 12.6. The summed E-state index contributed by atoms with van der Waals surface area (Å²) in [6.45, 7) is 6.01. The molecular weight excluding hydrogens is 324 g/mol. The second kappa shape index (κ2) is 9.76. The largest absolute Gasteiger partial charge is 0.315 e. The molecule has 1 N–H and O–H groups in total. The molecule has 0 aromatic heterocycles. The lowest BCUT2D eigenvalue weighted by molar-refractivity contribution is 0.229. The van der Waals surface area contributed by atoms with Crippen LogP contribution in [0.3, 0.4) is 0 Å². The average molecular weight is 348 g/mol. The summed E-state index contributed by atoms with van der Waals surface area (Å²) in [5, 5.41) is 3.54. The van der Waals surface area contributed by atoms with Gasteiger partial charge in [-0.1, -0.05) is 34.5 Å². The molecule has 19 heavy (non-hydrogen) atoms. The van der Waals surface area contributed by atoms with Crippen LogP contribution in [0.1, 0.15) is 24.8 Å². The summed E-state index contributed by atoms with van der Waals surface area (Å²) >= 11 is 3.46. The summed E-state index contributed by atoms with van der Waals surface area (Å²) in [6.07, 6.45) is 5.32. The first-order valence-corrected chi connectivity index (χ1v) is 7.81. The van der Waals surface area contributed by atoms with E-state index in [0.29, 0.717) is 0 Å². The number of likely N-dealkylation sites (tertiary alicyclic amines) is 1. The van der Waals surface area contributed by atoms with Crippen molar-refractivity contribution in [3.8, 4) is 0 Å². The Bertz CT molecular complexity index is 337. The maximum absolute atomic E-state index is 3.54. The van der Waals surface area contributed by atoms with E-state index < -0.39 is 0 Å². The SMILES string of the molecule is Brc1ccc(CCNCCN2CCCCC2)cc1.Cl. The van der Waals surface area contributed by atoms with E-state index in [1.165, 1.54) is 44.5 Å². The van der Waals surface area contributed by atoms with Crippen LogP contribution in [0.25, 0.3) is 0 Å². The van der Waals surface area contributed by atoms with Crippen molar-refractivity contribution in [3.05, 3.63) is 34.3 Å². The third-order valence-electron chi connectivity index (χ3n) is 3.56. The molecule has 2 rings (SSSR count). The molecule has 1 aliphatic heterocycles. The molecule has 0 spiro atoms. The van der Waals surface area contributed by atoms with Gasteiger partial charge < -0.3 is 10.2 Å². The van der Waals surface area contributed by atoms with Gasteiger partial charge in [0.05, 0.1) is 0 Å². The molecule has 2 nitrogen and oxygen atoms in total. The smallest absolute Gasteiger partial charge is 0.0175 e. The van der Waals surface area contributed by atoms with Crippen molar-refractivity contribution in [3.63, 3.8) is 0 Å². The number of piperidine rings is 1. The molecule has 0 saturated carbocycles. The lowest BCUT2D eigenvalue weighted by Crippen LogP contribution is -2.36. The van der Waals surface area contributed by atoms with Crippen LogP contribution < -0.4 is 5.32 Å². The van der Waals surface area contributed by atoms with Crippen LogP contribution in [0.2, 0.25) is 0 Å². The zero-order valence-corrected chi connectivity index (χ0v) is 13.8. The van der Waals surface area contributed by atoms with Crippen molar-refractivity contribution in [1.82, 2.24) is 10.2 Å². The van der Waals surface area contributed by atoms with Crippen molar-refractivity contribution in [2.75, 3.05) is 32.7 Å². The molecule has 0 aliphatic carbocycles. The molecule has 1 fully saturated rings. The van der Waals surface area contributed by atoms with Crippen LogP contribution in [0.4, 0.5) is 0 Å². The molecule has 0 unspecified atom stereocenters. The number of nitrogens with zero attached hydrogens (tertiary/aromatic N) is 1. The van der Waals surface area contributed by atoms with Gasteiger partial charge in [0.25, 0.3) is 0 Å². The summed E-state index contributed by atoms with van der Waals surface area (Å²) in [6, 6.07) is 8.61. The number of hydrogen-bond donors (Lipinski definition) is 1. The lowest BCUT2D eigenvalue weighted by atomic mass is 10.1. The van der Waals surface area contributed by atoms with E-state index in [0.717, 1.165) is 24.0 Å². The molecule has 0 radical (unpaired) electrons. The molecule has 0 bridgehead atoms. The Morgan fingerprint density at radius 1 is 1.00 bits per heavy atom. The third-order valence-corrected chi connectivity index (χ3v) is 4.09. The van der Waals surface area contributed by atoms with Crippen LogP contribution >= 0.6 is 28.3 Å². The third kappa shape index (κ3) is 6.75. The Hall–Kier alpha value is -0.0900. The highest BCUT2D eigenvalue weighted by Gasteiger charge is 2.08. The van der Waals surface area contributed by atoms with Crippen molar-refractivity contribution in [2.45, 2.75) is 25.7 Å². The molecule has 0 amide bonds. The molecule has 1 heterocycles. The average Bonchev–Trinajstić information content (AvgIpc) is 2.42.